The molecule has 1 aromatic rings. The van der Waals surface area contributed by atoms with Crippen LogP contribution in [0.4, 0.5) is 0 Å². The Morgan fingerprint density at radius 1 is 1.73 bits per heavy atom. The molecule has 0 amide bonds. The minimum atomic E-state index is -0.0684. The average molecular weight is 248 g/mol. The fourth-order valence-corrected chi connectivity index (χ4v) is 0.646. The predicted octanol–water partition coefficient (Wildman–Crippen LogP) is 3.22. The van der Waals surface area contributed by atoms with E-state index in [1.165, 1.54) is 0 Å². The van der Waals surface area contributed by atoms with Crippen molar-refractivity contribution in [1.82, 2.24) is 5.16 Å². The first-order chi connectivity index (χ1) is 7.13. The fraction of sp³-hybridized carbons (Fsp3) is 0.300. The topological polar surface area (TPSA) is 46.3 Å². The molecule has 1 heterocycles. The van der Waals surface area contributed by atoms with Crippen molar-refractivity contribution in [2.75, 3.05) is 0 Å². The molecule has 0 aliphatic carbocycles. The van der Waals surface area contributed by atoms with Gasteiger partial charge in [-0.05, 0) is 25.3 Å². The van der Waals surface area contributed by atoms with Gasteiger partial charge in [0.05, 0.1) is 6.61 Å². The SMILES string of the molecule is C/C(Cl)=C\S.C/C=C/c1cc(CO)no1. The van der Waals surface area contributed by atoms with Crippen LogP contribution in [0.3, 0.4) is 0 Å². The molecule has 0 bridgehead atoms. The van der Waals surface area contributed by atoms with Crippen LogP contribution >= 0.6 is 24.2 Å². The van der Waals surface area contributed by atoms with Crippen molar-refractivity contribution in [1.29, 1.82) is 0 Å². The molecule has 0 aliphatic rings. The lowest BCUT2D eigenvalue weighted by Gasteiger charge is -1.75. The Balaban J connectivity index is 0.000000336. The summed E-state index contributed by atoms with van der Waals surface area (Å²) >= 11 is 8.97. The number of hydrogen-bond acceptors (Lipinski definition) is 4. The fourth-order valence-electron chi connectivity index (χ4n) is 0.646. The lowest BCUT2D eigenvalue weighted by atomic mass is 10.3. The summed E-state index contributed by atoms with van der Waals surface area (Å²) in [5, 5.41) is 14.4. The third-order valence-corrected chi connectivity index (χ3v) is 1.90. The molecule has 5 heteroatoms. The van der Waals surface area contributed by atoms with Crippen LogP contribution in [0.5, 0.6) is 0 Å². The highest BCUT2D eigenvalue weighted by molar-refractivity contribution is 7.83. The maximum atomic E-state index is 8.57. The Labute approximate surface area is 99.8 Å². The molecule has 0 unspecified atom stereocenters. The lowest BCUT2D eigenvalue weighted by molar-refractivity contribution is 0.266. The normalized spacial score (nSPS) is 11.4. The van der Waals surface area contributed by atoms with Crippen molar-refractivity contribution >= 4 is 30.3 Å². The first-order valence-corrected chi connectivity index (χ1v) is 5.19. The second kappa shape index (κ2) is 8.59. The van der Waals surface area contributed by atoms with Gasteiger partial charge in [0.1, 0.15) is 5.69 Å². The zero-order valence-electron chi connectivity index (χ0n) is 8.64. The second-order valence-corrected chi connectivity index (χ2v) is 3.45. The van der Waals surface area contributed by atoms with E-state index in [9.17, 15) is 0 Å². The van der Waals surface area contributed by atoms with Crippen LogP contribution in [0.15, 0.2) is 27.1 Å². The van der Waals surface area contributed by atoms with Crippen molar-refractivity contribution in [3.05, 3.63) is 34.0 Å². The molecule has 0 atom stereocenters. The van der Waals surface area contributed by atoms with Crippen molar-refractivity contribution in [2.24, 2.45) is 0 Å². The van der Waals surface area contributed by atoms with E-state index in [1.807, 2.05) is 13.0 Å². The number of halogens is 1. The van der Waals surface area contributed by atoms with E-state index in [2.05, 4.69) is 17.8 Å². The van der Waals surface area contributed by atoms with Crippen molar-refractivity contribution < 1.29 is 9.63 Å². The first-order valence-electron chi connectivity index (χ1n) is 4.29. The number of allylic oxidation sites excluding steroid dienone is 2. The highest BCUT2D eigenvalue weighted by atomic mass is 35.5. The Morgan fingerprint density at radius 2 is 2.33 bits per heavy atom. The van der Waals surface area contributed by atoms with Gasteiger partial charge in [-0.1, -0.05) is 22.8 Å². The van der Waals surface area contributed by atoms with Gasteiger partial charge < -0.3 is 9.63 Å². The van der Waals surface area contributed by atoms with E-state index < -0.39 is 0 Å². The van der Waals surface area contributed by atoms with E-state index >= 15 is 0 Å². The van der Waals surface area contributed by atoms with Crippen LogP contribution in [-0.4, -0.2) is 10.3 Å². The van der Waals surface area contributed by atoms with E-state index in [4.69, 9.17) is 21.2 Å². The summed E-state index contributed by atoms with van der Waals surface area (Å²) in [5.74, 6) is 0.673. The molecule has 0 aromatic carbocycles. The zero-order chi connectivity index (χ0) is 11.7. The number of aromatic nitrogens is 1. The summed E-state index contributed by atoms with van der Waals surface area (Å²) in [5.41, 5.74) is 0.563. The maximum Gasteiger partial charge on any atom is 0.159 e. The maximum absolute atomic E-state index is 8.57. The molecule has 0 saturated carbocycles. The summed E-state index contributed by atoms with van der Waals surface area (Å²) in [6, 6.07) is 1.69. The average Bonchev–Trinajstić information content (AvgIpc) is 2.67. The summed E-state index contributed by atoms with van der Waals surface area (Å²) in [7, 11) is 0. The van der Waals surface area contributed by atoms with Gasteiger partial charge in [-0.25, -0.2) is 0 Å². The standard InChI is InChI=1S/C7H9NO2.C3H5ClS/c1-2-3-7-4-6(5-9)8-10-7;1-3(4)2-5/h2-4,9H,5H2,1H3;2,5H,1H3/b2*3-2+. The first kappa shape index (κ1) is 14.3. The third-order valence-electron chi connectivity index (χ3n) is 1.25. The molecule has 3 nitrogen and oxygen atoms in total. The van der Waals surface area contributed by atoms with Crippen LogP contribution in [0, 0.1) is 0 Å². The van der Waals surface area contributed by atoms with Crippen molar-refractivity contribution in [3.8, 4) is 0 Å². The minimum Gasteiger partial charge on any atom is -0.390 e. The Morgan fingerprint density at radius 3 is 2.67 bits per heavy atom. The lowest BCUT2D eigenvalue weighted by Crippen LogP contribution is -1.78. The molecular formula is C10H14ClNO2S. The van der Waals surface area contributed by atoms with E-state index in [-0.39, 0.29) is 6.61 Å². The van der Waals surface area contributed by atoms with Gasteiger partial charge in [0.25, 0.3) is 0 Å². The minimum absolute atomic E-state index is 0.0684. The summed E-state index contributed by atoms with van der Waals surface area (Å²) in [4.78, 5) is 0. The molecule has 0 radical (unpaired) electrons. The highest BCUT2D eigenvalue weighted by Gasteiger charge is 1.96. The molecule has 1 N–H and O–H groups in total. The Kier molecular flexibility index (Phi) is 8.18. The number of rotatable bonds is 2. The van der Waals surface area contributed by atoms with Crippen LogP contribution in [0.25, 0.3) is 6.08 Å². The van der Waals surface area contributed by atoms with E-state index in [1.54, 1.807) is 24.5 Å². The zero-order valence-corrected chi connectivity index (χ0v) is 10.3. The van der Waals surface area contributed by atoms with Gasteiger partial charge in [0.15, 0.2) is 5.76 Å². The van der Waals surface area contributed by atoms with Crippen LogP contribution < -0.4 is 0 Å². The molecule has 0 saturated heterocycles. The number of hydrogen-bond donors (Lipinski definition) is 2. The van der Waals surface area contributed by atoms with Crippen LogP contribution in [0.1, 0.15) is 25.3 Å². The molecule has 0 fully saturated rings. The van der Waals surface area contributed by atoms with Gasteiger partial charge >= 0.3 is 0 Å². The van der Waals surface area contributed by atoms with Gasteiger partial charge in [-0.15, -0.1) is 0 Å². The summed E-state index contributed by atoms with van der Waals surface area (Å²) in [6.45, 7) is 3.59. The quantitative estimate of drug-likeness (QED) is 0.789. The highest BCUT2D eigenvalue weighted by Crippen LogP contribution is 2.04. The smallest absolute Gasteiger partial charge is 0.159 e. The molecule has 84 valence electrons. The van der Waals surface area contributed by atoms with Crippen molar-refractivity contribution in [2.45, 2.75) is 20.5 Å². The van der Waals surface area contributed by atoms with E-state index in [0.717, 1.165) is 0 Å². The number of nitrogens with zero attached hydrogens (tertiary/aromatic N) is 1. The van der Waals surface area contributed by atoms with E-state index in [0.29, 0.717) is 16.5 Å². The number of aliphatic hydroxyl groups is 1. The third kappa shape index (κ3) is 7.25. The van der Waals surface area contributed by atoms with Crippen LogP contribution in [-0.2, 0) is 6.61 Å². The van der Waals surface area contributed by atoms with Crippen molar-refractivity contribution in [3.63, 3.8) is 0 Å². The Bertz CT molecular complexity index is 330. The summed E-state index contributed by atoms with van der Waals surface area (Å²) in [6.07, 6.45) is 3.63. The molecule has 1 rings (SSSR count). The molecule has 0 spiro atoms. The van der Waals surface area contributed by atoms with Gasteiger partial charge in [-0.2, -0.15) is 12.6 Å². The monoisotopic (exact) mass is 247 g/mol. The van der Waals surface area contributed by atoms with Crippen LogP contribution in [0.2, 0.25) is 0 Å². The number of thiol groups is 1. The Hall–Kier alpha value is -0.710. The van der Waals surface area contributed by atoms with Gasteiger partial charge in [0.2, 0.25) is 0 Å². The largest absolute Gasteiger partial charge is 0.390 e. The second-order valence-electron chi connectivity index (χ2n) is 2.59. The summed E-state index contributed by atoms with van der Waals surface area (Å²) < 4.78 is 4.80. The number of aliphatic hydroxyl groups excluding tert-OH is 1. The van der Waals surface area contributed by atoms with Gasteiger partial charge in [-0.3, -0.25) is 0 Å². The molecule has 1 aromatic heterocycles. The van der Waals surface area contributed by atoms with Gasteiger partial charge in [0, 0.05) is 11.1 Å². The molecular weight excluding hydrogens is 234 g/mol. The molecule has 15 heavy (non-hydrogen) atoms. The predicted molar refractivity (Wildman–Crippen MR) is 65.7 cm³/mol. The molecule has 0 aliphatic heterocycles.